The summed E-state index contributed by atoms with van der Waals surface area (Å²) in [5, 5.41) is 20.6. The van der Waals surface area contributed by atoms with E-state index in [0.717, 1.165) is 39.0 Å². The van der Waals surface area contributed by atoms with Crippen molar-refractivity contribution in [2.75, 3.05) is 33.5 Å². The first-order valence-corrected chi connectivity index (χ1v) is 8.48. The summed E-state index contributed by atoms with van der Waals surface area (Å²) in [5.74, 6) is -0.494. The van der Waals surface area contributed by atoms with Crippen LogP contribution in [-0.4, -0.2) is 67.2 Å². The van der Waals surface area contributed by atoms with Crippen molar-refractivity contribution in [3.63, 3.8) is 0 Å². The van der Waals surface area contributed by atoms with E-state index in [9.17, 15) is 9.90 Å². The summed E-state index contributed by atoms with van der Waals surface area (Å²) < 4.78 is 10.4. The first-order valence-electron chi connectivity index (χ1n) is 8.48. The second-order valence-electron chi connectivity index (χ2n) is 7.14. The molecule has 2 saturated heterocycles. The molecule has 0 unspecified atom stereocenters. The second kappa shape index (κ2) is 8.09. The fourth-order valence-corrected chi connectivity index (χ4v) is 3.16. The number of aliphatic hydroxyl groups is 1. The number of amides is 1. The maximum absolute atomic E-state index is 12.4. The molecule has 0 spiro atoms. The third-order valence-corrected chi connectivity index (χ3v) is 4.79. The highest BCUT2D eigenvalue weighted by Crippen LogP contribution is 2.26. The molecule has 2 rings (SSSR count). The number of nitrogens with zero attached hydrogens (tertiary/aromatic N) is 1. The predicted octanol–water partition coefficient (Wildman–Crippen LogP) is 1.45. The molecule has 2 aliphatic rings. The zero-order chi connectivity index (χ0) is 17.7. The Morgan fingerprint density at radius 3 is 2.62 bits per heavy atom. The lowest BCUT2D eigenvalue weighted by Crippen LogP contribution is -2.60. The molecule has 7 nitrogen and oxygen atoms in total. The number of aliphatic hydroxyl groups excluding tert-OH is 1. The van der Waals surface area contributed by atoms with Crippen molar-refractivity contribution in [3.05, 3.63) is 12.0 Å². The SMILES string of the molecule is COCC(C)(C)C(=N)/C=C(\O)NC(=O)[C@@H]1CCN1C1CCOCC1. The lowest BCUT2D eigenvalue weighted by Gasteiger charge is -2.46. The van der Waals surface area contributed by atoms with Gasteiger partial charge in [-0.25, -0.2) is 0 Å². The number of nitrogens with one attached hydrogen (secondary N) is 2. The van der Waals surface area contributed by atoms with Gasteiger partial charge in [0, 0.05) is 50.1 Å². The summed E-state index contributed by atoms with van der Waals surface area (Å²) in [4.78, 5) is 14.6. The van der Waals surface area contributed by atoms with Crippen LogP contribution < -0.4 is 5.32 Å². The Kier molecular flexibility index (Phi) is 6.37. The van der Waals surface area contributed by atoms with Crippen LogP contribution in [0.1, 0.15) is 33.1 Å². The molecule has 7 heteroatoms. The van der Waals surface area contributed by atoms with Crippen molar-refractivity contribution in [1.29, 1.82) is 5.41 Å². The molecule has 1 amide bonds. The minimum atomic E-state index is -0.530. The number of hydrogen-bond acceptors (Lipinski definition) is 6. The number of likely N-dealkylation sites (tertiary alicyclic amines) is 1. The molecule has 24 heavy (non-hydrogen) atoms. The van der Waals surface area contributed by atoms with E-state index in [0.29, 0.717) is 12.6 Å². The van der Waals surface area contributed by atoms with Gasteiger partial charge < -0.3 is 20.0 Å². The van der Waals surface area contributed by atoms with Crippen LogP contribution >= 0.6 is 0 Å². The molecule has 0 radical (unpaired) electrons. The van der Waals surface area contributed by atoms with E-state index in [2.05, 4.69) is 10.2 Å². The molecule has 2 aliphatic heterocycles. The molecule has 0 aromatic heterocycles. The summed E-state index contributed by atoms with van der Waals surface area (Å²) in [6.45, 7) is 6.46. The van der Waals surface area contributed by atoms with Crippen molar-refractivity contribution in [3.8, 4) is 0 Å². The molecule has 1 atom stereocenters. The Morgan fingerprint density at radius 2 is 2.08 bits per heavy atom. The normalized spacial score (nSPS) is 23.6. The van der Waals surface area contributed by atoms with Gasteiger partial charge in [0.2, 0.25) is 5.91 Å². The standard InChI is InChI=1S/C17H29N3O4/c1-17(2,11-23-3)14(18)10-15(21)19-16(22)13-4-7-20(13)12-5-8-24-9-6-12/h10,12-13,18,21H,4-9,11H2,1-3H3,(H,19,22)/b15-10-,18-14?/t13-/m0/s1. The van der Waals surface area contributed by atoms with Gasteiger partial charge in [0.15, 0.2) is 5.88 Å². The maximum atomic E-state index is 12.4. The van der Waals surface area contributed by atoms with Crippen LogP contribution in [0.15, 0.2) is 12.0 Å². The zero-order valence-electron chi connectivity index (χ0n) is 14.8. The molecule has 0 aliphatic carbocycles. The number of allylic oxidation sites excluding steroid dienone is 1. The van der Waals surface area contributed by atoms with E-state index in [1.165, 1.54) is 6.08 Å². The van der Waals surface area contributed by atoms with Gasteiger partial charge >= 0.3 is 0 Å². The van der Waals surface area contributed by atoms with Crippen LogP contribution in [0.25, 0.3) is 0 Å². The zero-order valence-corrected chi connectivity index (χ0v) is 14.8. The average Bonchev–Trinajstić information content (AvgIpc) is 2.46. The summed E-state index contributed by atoms with van der Waals surface area (Å²) in [6.07, 6.45) is 3.97. The fourth-order valence-electron chi connectivity index (χ4n) is 3.16. The number of carbonyl (C=O) groups excluding carboxylic acids is 1. The van der Waals surface area contributed by atoms with Crippen LogP contribution in [0, 0.1) is 10.8 Å². The molecular formula is C17H29N3O4. The largest absolute Gasteiger partial charge is 0.494 e. The Balaban J connectivity index is 1.89. The second-order valence-corrected chi connectivity index (χ2v) is 7.14. The molecule has 136 valence electrons. The van der Waals surface area contributed by atoms with E-state index < -0.39 is 5.41 Å². The monoisotopic (exact) mass is 339 g/mol. The van der Waals surface area contributed by atoms with Gasteiger partial charge in [0.05, 0.1) is 12.6 Å². The summed E-state index contributed by atoms with van der Waals surface area (Å²) in [7, 11) is 1.57. The third kappa shape index (κ3) is 4.55. The first-order chi connectivity index (χ1) is 11.3. The highest BCUT2D eigenvalue weighted by Gasteiger charge is 2.39. The topological polar surface area (TPSA) is 94.9 Å². The van der Waals surface area contributed by atoms with E-state index in [1.807, 2.05) is 13.8 Å². The number of methoxy groups -OCH3 is 1. The van der Waals surface area contributed by atoms with Crippen LogP contribution in [0.3, 0.4) is 0 Å². The van der Waals surface area contributed by atoms with Gasteiger partial charge in [0.1, 0.15) is 0 Å². The minimum Gasteiger partial charge on any atom is -0.494 e. The number of carbonyl (C=O) groups is 1. The lowest BCUT2D eigenvalue weighted by molar-refractivity contribution is -0.134. The van der Waals surface area contributed by atoms with Gasteiger partial charge in [-0.2, -0.15) is 0 Å². The Bertz CT molecular complexity index is 498. The molecular weight excluding hydrogens is 310 g/mol. The van der Waals surface area contributed by atoms with Crippen LogP contribution in [-0.2, 0) is 14.3 Å². The first kappa shape index (κ1) is 18.9. The molecule has 2 heterocycles. The highest BCUT2D eigenvalue weighted by molar-refractivity contribution is 5.97. The van der Waals surface area contributed by atoms with E-state index >= 15 is 0 Å². The summed E-state index contributed by atoms with van der Waals surface area (Å²) >= 11 is 0. The van der Waals surface area contributed by atoms with Crippen molar-refractivity contribution in [1.82, 2.24) is 10.2 Å². The average molecular weight is 339 g/mol. The van der Waals surface area contributed by atoms with Gasteiger partial charge in [-0.15, -0.1) is 0 Å². The highest BCUT2D eigenvalue weighted by atomic mass is 16.5. The van der Waals surface area contributed by atoms with Crippen molar-refractivity contribution >= 4 is 11.6 Å². The molecule has 0 bridgehead atoms. The van der Waals surface area contributed by atoms with E-state index in [4.69, 9.17) is 14.9 Å². The van der Waals surface area contributed by atoms with Gasteiger partial charge in [0.25, 0.3) is 0 Å². The molecule has 0 aromatic rings. The van der Waals surface area contributed by atoms with Crippen molar-refractivity contribution in [2.24, 2.45) is 5.41 Å². The molecule has 0 saturated carbocycles. The predicted molar refractivity (Wildman–Crippen MR) is 91.2 cm³/mol. The Hall–Kier alpha value is -1.44. The van der Waals surface area contributed by atoms with Crippen molar-refractivity contribution < 1.29 is 19.4 Å². The summed E-state index contributed by atoms with van der Waals surface area (Å²) in [5.41, 5.74) is -0.324. The van der Waals surface area contributed by atoms with Gasteiger partial charge in [-0.3, -0.25) is 15.0 Å². The lowest BCUT2D eigenvalue weighted by atomic mass is 9.88. The van der Waals surface area contributed by atoms with E-state index in [1.54, 1.807) is 7.11 Å². The summed E-state index contributed by atoms with van der Waals surface area (Å²) in [6, 6.07) is 0.179. The Labute approximate surface area is 143 Å². The van der Waals surface area contributed by atoms with Gasteiger partial charge in [-0.05, 0) is 19.3 Å². The van der Waals surface area contributed by atoms with Gasteiger partial charge in [-0.1, -0.05) is 13.8 Å². The molecule has 3 N–H and O–H groups in total. The number of ether oxygens (including phenoxy) is 2. The van der Waals surface area contributed by atoms with Crippen LogP contribution in [0.5, 0.6) is 0 Å². The van der Waals surface area contributed by atoms with Crippen LogP contribution in [0.4, 0.5) is 0 Å². The maximum Gasteiger partial charge on any atom is 0.244 e. The smallest absolute Gasteiger partial charge is 0.244 e. The molecule has 0 aromatic carbocycles. The van der Waals surface area contributed by atoms with Crippen LogP contribution in [0.2, 0.25) is 0 Å². The van der Waals surface area contributed by atoms with E-state index in [-0.39, 0.29) is 23.5 Å². The third-order valence-electron chi connectivity index (χ3n) is 4.79. The Morgan fingerprint density at radius 1 is 1.42 bits per heavy atom. The number of rotatable bonds is 7. The fraction of sp³-hybridized carbons (Fsp3) is 0.765. The minimum absolute atomic E-state index is 0.204. The quantitative estimate of drug-likeness (QED) is 0.482. The van der Waals surface area contributed by atoms with Crippen molar-refractivity contribution in [2.45, 2.75) is 45.2 Å². The number of hydrogen-bond donors (Lipinski definition) is 3. The molecule has 2 fully saturated rings.